The Morgan fingerprint density at radius 1 is 0.926 bits per heavy atom. The number of anilines is 1. The topological polar surface area (TPSA) is 68.3 Å². The number of rotatable bonds is 7. The zero-order chi connectivity index (χ0) is 19.3. The maximum absolute atomic E-state index is 12.8. The molecule has 1 N–H and O–H groups in total. The van der Waals surface area contributed by atoms with Crippen molar-refractivity contribution in [2.75, 3.05) is 11.8 Å². The van der Waals surface area contributed by atoms with E-state index in [0.29, 0.717) is 11.4 Å². The zero-order valence-electron chi connectivity index (χ0n) is 15.3. The van der Waals surface area contributed by atoms with Gasteiger partial charge in [0.25, 0.3) is 10.0 Å². The number of methoxy groups -OCH3 is 1. The van der Waals surface area contributed by atoms with E-state index in [1.54, 1.807) is 36.7 Å². The van der Waals surface area contributed by atoms with Crippen molar-refractivity contribution in [3.8, 4) is 5.75 Å². The van der Waals surface area contributed by atoms with Crippen LogP contribution in [-0.4, -0.2) is 20.5 Å². The largest absolute Gasteiger partial charge is 0.495 e. The minimum atomic E-state index is -3.74. The van der Waals surface area contributed by atoms with Gasteiger partial charge in [0.2, 0.25) is 0 Å². The van der Waals surface area contributed by atoms with E-state index in [2.05, 4.69) is 9.71 Å². The molecule has 0 aliphatic heterocycles. The van der Waals surface area contributed by atoms with Crippen LogP contribution in [0.15, 0.2) is 71.9 Å². The molecule has 0 amide bonds. The summed E-state index contributed by atoms with van der Waals surface area (Å²) in [5.41, 5.74) is 3.69. The number of aryl methyl sites for hydroxylation is 1. The van der Waals surface area contributed by atoms with E-state index in [0.717, 1.165) is 29.5 Å². The standard InChI is InChI=1S/C21H22N2O3S/c1-3-16-6-9-20(26-2)21(15-16)27(24,25)23-19-7-4-17(5-8-19)14-18-10-12-22-13-11-18/h4-13,15,23H,3,14H2,1-2H3. The maximum Gasteiger partial charge on any atom is 0.265 e. The highest BCUT2D eigenvalue weighted by Gasteiger charge is 2.20. The van der Waals surface area contributed by atoms with Gasteiger partial charge in [-0.1, -0.05) is 25.1 Å². The highest BCUT2D eigenvalue weighted by molar-refractivity contribution is 7.92. The van der Waals surface area contributed by atoms with Crippen LogP contribution in [0.5, 0.6) is 5.75 Å². The Bertz CT molecular complexity index is 1000. The van der Waals surface area contributed by atoms with Crippen molar-refractivity contribution in [2.24, 2.45) is 0 Å². The molecule has 0 saturated heterocycles. The highest BCUT2D eigenvalue weighted by atomic mass is 32.2. The number of hydrogen-bond acceptors (Lipinski definition) is 4. The first-order chi connectivity index (χ1) is 13.0. The van der Waals surface area contributed by atoms with Crippen molar-refractivity contribution in [2.45, 2.75) is 24.7 Å². The van der Waals surface area contributed by atoms with Gasteiger partial charge in [-0.3, -0.25) is 9.71 Å². The van der Waals surface area contributed by atoms with E-state index < -0.39 is 10.0 Å². The lowest BCUT2D eigenvalue weighted by atomic mass is 10.1. The molecular formula is C21H22N2O3S. The van der Waals surface area contributed by atoms with Gasteiger partial charge in [-0.2, -0.15) is 0 Å². The van der Waals surface area contributed by atoms with Gasteiger partial charge < -0.3 is 4.74 Å². The molecule has 0 unspecified atom stereocenters. The quantitative estimate of drug-likeness (QED) is 0.669. The fraction of sp³-hybridized carbons (Fsp3) is 0.190. The number of nitrogens with one attached hydrogen (secondary N) is 1. The van der Waals surface area contributed by atoms with Gasteiger partial charge in [0, 0.05) is 18.1 Å². The summed E-state index contributed by atoms with van der Waals surface area (Å²) in [7, 11) is -2.28. The lowest BCUT2D eigenvalue weighted by Gasteiger charge is -2.13. The second kappa shape index (κ2) is 8.22. The van der Waals surface area contributed by atoms with Gasteiger partial charge in [0.1, 0.15) is 10.6 Å². The molecule has 0 atom stereocenters. The molecule has 0 fully saturated rings. The van der Waals surface area contributed by atoms with Crippen LogP contribution in [0.4, 0.5) is 5.69 Å². The van der Waals surface area contributed by atoms with Crippen molar-refractivity contribution >= 4 is 15.7 Å². The van der Waals surface area contributed by atoms with Crippen molar-refractivity contribution in [1.29, 1.82) is 0 Å². The number of pyridine rings is 1. The van der Waals surface area contributed by atoms with Gasteiger partial charge in [0.05, 0.1) is 7.11 Å². The Kier molecular flexibility index (Phi) is 5.76. The van der Waals surface area contributed by atoms with Crippen LogP contribution in [0.2, 0.25) is 0 Å². The first-order valence-corrected chi connectivity index (χ1v) is 10.2. The molecule has 2 aromatic carbocycles. The van der Waals surface area contributed by atoms with Gasteiger partial charge in [-0.25, -0.2) is 8.42 Å². The molecule has 0 spiro atoms. The number of ether oxygens (including phenoxy) is 1. The first kappa shape index (κ1) is 18.9. The van der Waals surface area contributed by atoms with Crippen LogP contribution in [0.3, 0.4) is 0 Å². The van der Waals surface area contributed by atoms with Crippen LogP contribution >= 0.6 is 0 Å². The van der Waals surface area contributed by atoms with Crippen LogP contribution in [0.1, 0.15) is 23.6 Å². The fourth-order valence-corrected chi connectivity index (χ4v) is 4.07. The smallest absolute Gasteiger partial charge is 0.265 e. The SMILES string of the molecule is CCc1ccc(OC)c(S(=O)(=O)Nc2ccc(Cc3ccncc3)cc2)c1. The summed E-state index contributed by atoms with van der Waals surface area (Å²) < 4.78 is 33.5. The van der Waals surface area contributed by atoms with Gasteiger partial charge in [0.15, 0.2) is 0 Å². The van der Waals surface area contributed by atoms with E-state index in [1.165, 1.54) is 7.11 Å². The summed E-state index contributed by atoms with van der Waals surface area (Å²) >= 11 is 0. The Morgan fingerprint density at radius 2 is 1.56 bits per heavy atom. The van der Waals surface area contributed by atoms with Gasteiger partial charge >= 0.3 is 0 Å². The monoisotopic (exact) mass is 382 g/mol. The van der Waals surface area contributed by atoms with E-state index in [1.807, 2.05) is 37.3 Å². The summed E-state index contributed by atoms with van der Waals surface area (Å²) in [6, 6.07) is 16.5. The lowest BCUT2D eigenvalue weighted by molar-refractivity contribution is 0.402. The number of sulfonamides is 1. The summed E-state index contributed by atoms with van der Waals surface area (Å²) in [6.45, 7) is 1.98. The van der Waals surface area contributed by atoms with Crippen LogP contribution < -0.4 is 9.46 Å². The van der Waals surface area contributed by atoms with Crippen molar-refractivity contribution < 1.29 is 13.2 Å². The third kappa shape index (κ3) is 4.65. The molecule has 3 rings (SSSR count). The predicted octanol–water partition coefficient (Wildman–Crippen LogP) is 4.04. The minimum Gasteiger partial charge on any atom is -0.495 e. The number of aromatic nitrogens is 1. The minimum absolute atomic E-state index is 0.144. The van der Waals surface area contributed by atoms with Crippen molar-refractivity contribution in [3.63, 3.8) is 0 Å². The molecular weight excluding hydrogens is 360 g/mol. The molecule has 0 radical (unpaired) electrons. The Balaban J connectivity index is 1.80. The molecule has 1 aromatic heterocycles. The summed E-state index contributed by atoms with van der Waals surface area (Å²) in [5, 5.41) is 0. The molecule has 0 aliphatic carbocycles. The van der Waals surface area contributed by atoms with Crippen molar-refractivity contribution in [3.05, 3.63) is 83.7 Å². The average molecular weight is 382 g/mol. The second-order valence-electron chi connectivity index (χ2n) is 6.17. The van der Waals surface area contributed by atoms with Crippen LogP contribution in [0.25, 0.3) is 0 Å². The molecule has 1 heterocycles. The maximum atomic E-state index is 12.8. The Hall–Kier alpha value is -2.86. The zero-order valence-corrected chi connectivity index (χ0v) is 16.2. The lowest BCUT2D eigenvalue weighted by Crippen LogP contribution is -2.14. The normalized spacial score (nSPS) is 11.2. The third-order valence-electron chi connectivity index (χ3n) is 4.29. The summed E-state index contributed by atoms with van der Waals surface area (Å²) in [6.07, 6.45) is 5.03. The highest BCUT2D eigenvalue weighted by Crippen LogP contribution is 2.27. The van der Waals surface area contributed by atoms with Gasteiger partial charge in [-0.05, 0) is 65.9 Å². The second-order valence-corrected chi connectivity index (χ2v) is 7.82. The number of nitrogens with zero attached hydrogens (tertiary/aromatic N) is 1. The van der Waals surface area contributed by atoms with E-state index in [9.17, 15) is 8.42 Å². The van der Waals surface area contributed by atoms with Crippen molar-refractivity contribution in [1.82, 2.24) is 4.98 Å². The average Bonchev–Trinajstić information content (AvgIpc) is 2.69. The van der Waals surface area contributed by atoms with Crippen LogP contribution in [-0.2, 0) is 22.9 Å². The summed E-state index contributed by atoms with van der Waals surface area (Å²) in [5.74, 6) is 0.328. The Labute approximate surface area is 160 Å². The number of hydrogen-bond donors (Lipinski definition) is 1. The third-order valence-corrected chi connectivity index (χ3v) is 5.69. The van der Waals surface area contributed by atoms with Crippen LogP contribution in [0, 0.1) is 0 Å². The molecule has 140 valence electrons. The molecule has 0 bridgehead atoms. The predicted molar refractivity (Wildman–Crippen MR) is 107 cm³/mol. The number of benzene rings is 2. The molecule has 0 aliphatic rings. The van der Waals surface area contributed by atoms with E-state index in [4.69, 9.17) is 4.74 Å². The molecule has 6 heteroatoms. The van der Waals surface area contributed by atoms with Gasteiger partial charge in [-0.15, -0.1) is 0 Å². The molecule has 3 aromatic rings. The van der Waals surface area contributed by atoms with E-state index in [-0.39, 0.29) is 4.90 Å². The summed E-state index contributed by atoms with van der Waals surface area (Å²) in [4.78, 5) is 4.15. The molecule has 5 nitrogen and oxygen atoms in total. The fourth-order valence-electron chi connectivity index (χ4n) is 2.79. The molecule has 0 saturated carbocycles. The first-order valence-electron chi connectivity index (χ1n) is 8.69. The molecule has 27 heavy (non-hydrogen) atoms. The Morgan fingerprint density at radius 3 is 2.19 bits per heavy atom. The van der Waals surface area contributed by atoms with E-state index >= 15 is 0 Å².